The summed E-state index contributed by atoms with van der Waals surface area (Å²) >= 11 is 0. The third-order valence-corrected chi connectivity index (χ3v) is 3.39. The van der Waals surface area contributed by atoms with Crippen molar-refractivity contribution < 1.29 is 9.84 Å². The number of ether oxygens (including phenoxy) is 1. The molecule has 0 bridgehead atoms. The van der Waals surface area contributed by atoms with Crippen molar-refractivity contribution in [2.75, 3.05) is 26.7 Å². The molecule has 4 heteroatoms. The zero-order chi connectivity index (χ0) is 15.2. The molecule has 0 saturated carbocycles. The fourth-order valence-electron chi connectivity index (χ4n) is 2.29. The van der Waals surface area contributed by atoms with Crippen molar-refractivity contribution in [2.24, 2.45) is 11.1 Å². The summed E-state index contributed by atoms with van der Waals surface area (Å²) in [4.78, 5) is 2.38. The van der Waals surface area contributed by atoms with Gasteiger partial charge in [-0.2, -0.15) is 0 Å². The van der Waals surface area contributed by atoms with Crippen molar-refractivity contribution in [3.05, 3.63) is 23.8 Å². The Morgan fingerprint density at radius 3 is 2.55 bits per heavy atom. The number of phenols is 1. The first-order chi connectivity index (χ1) is 9.41. The first kappa shape index (κ1) is 16.8. The van der Waals surface area contributed by atoms with Crippen molar-refractivity contribution in [2.45, 2.75) is 33.7 Å². The summed E-state index contributed by atoms with van der Waals surface area (Å²) in [6.45, 7) is 9.99. The van der Waals surface area contributed by atoms with Crippen LogP contribution >= 0.6 is 0 Å². The van der Waals surface area contributed by atoms with Crippen LogP contribution in [0, 0.1) is 5.41 Å². The Labute approximate surface area is 122 Å². The smallest absolute Gasteiger partial charge is 0.160 e. The second-order valence-corrected chi connectivity index (χ2v) is 6.09. The minimum absolute atomic E-state index is 0.101. The number of nitrogens with zero attached hydrogens (tertiary/aromatic N) is 1. The van der Waals surface area contributed by atoms with E-state index in [4.69, 9.17) is 10.5 Å². The molecule has 0 aliphatic heterocycles. The summed E-state index contributed by atoms with van der Waals surface area (Å²) in [5, 5.41) is 9.85. The number of methoxy groups -OCH3 is 1. The van der Waals surface area contributed by atoms with Gasteiger partial charge in [0.15, 0.2) is 11.5 Å². The van der Waals surface area contributed by atoms with E-state index in [1.807, 2.05) is 12.1 Å². The van der Waals surface area contributed by atoms with E-state index in [1.54, 1.807) is 13.2 Å². The number of aromatic hydroxyl groups is 1. The molecule has 0 saturated heterocycles. The second-order valence-electron chi connectivity index (χ2n) is 6.09. The molecule has 1 aromatic carbocycles. The van der Waals surface area contributed by atoms with Crippen LogP contribution in [0.4, 0.5) is 0 Å². The van der Waals surface area contributed by atoms with Gasteiger partial charge >= 0.3 is 0 Å². The Bertz CT molecular complexity index is 419. The monoisotopic (exact) mass is 280 g/mol. The molecule has 0 fully saturated rings. The average molecular weight is 280 g/mol. The molecule has 0 spiro atoms. The molecule has 0 unspecified atom stereocenters. The molecule has 0 heterocycles. The fourth-order valence-corrected chi connectivity index (χ4v) is 2.29. The lowest BCUT2D eigenvalue weighted by Gasteiger charge is -2.31. The molecule has 0 aliphatic rings. The number of phenolic OH excluding ortho intramolecular Hbond substituents is 1. The van der Waals surface area contributed by atoms with E-state index in [1.165, 1.54) is 0 Å². The van der Waals surface area contributed by atoms with Crippen LogP contribution in [-0.2, 0) is 6.54 Å². The summed E-state index contributed by atoms with van der Waals surface area (Å²) in [7, 11) is 1.56. The highest BCUT2D eigenvalue weighted by molar-refractivity contribution is 5.41. The number of nitrogens with two attached hydrogens (primary N) is 1. The van der Waals surface area contributed by atoms with E-state index in [9.17, 15) is 5.11 Å². The van der Waals surface area contributed by atoms with Crippen molar-refractivity contribution in [1.82, 2.24) is 4.90 Å². The molecule has 3 N–H and O–H groups in total. The second kappa shape index (κ2) is 7.50. The largest absolute Gasteiger partial charge is 0.504 e. The van der Waals surface area contributed by atoms with E-state index in [0.717, 1.165) is 31.6 Å². The third kappa shape index (κ3) is 5.02. The minimum Gasteiger partial charge on any atom is -0.504 e. The number of hydrogen-bond acceptors (Lipinski definition) is 4. The van der Waals surface area contributed by atoms with E-state index in [0.29, 0.717) is 12.3 Å². The average Bonchev–Trinajstić information content (AvgIpc) is 2.39. The molecule has 114 valence electrons. The molecule has 1 rings (SSSR count). The Kier molecular flexibility index (Phi) is 6.30. The van der Waals surface area contributed by atoms with Crippen LogP contribution in [0.3, 0.4) is 0 Å². The van der Waals surface area contributed by atoms with Crippen LogP contribution < -0.4 is 10.5 Å². The number of rotatable bonds is 8. The third-order valence-electron chi connectivity index (χ3n) is 3.39. The maximum absolute atomic E-state index is 9.85. The topological polar surface area (TPSA) is 58.7 Å². The zero-order valence-corrected chi connectivity index (χ0v) is 13.1. The van der Waals surface area contributed by atoms with Gasteiger partial charge in [-0.1, -0.05) is 26.8 Å². The SMILES string of the molecule is CCCN(Cc1ccc(OC)c(O)c1)CC(C)(C)CN. The van der Waals surface area contributed by atoms with Crippen molar-refractivity contribution in [1.29, 1.82) is 0 Å². The molecule has 0 aliphatic carbocycles. The maximum atomic E-state index is 9.85. The highest BCUT2D eigenvalue weighted by Crippen LogP contribution is 2.27. The van der Waals surface area contributed by atoms with Gasteiger partial charge in [0.25, 0.3) is 0 Å². The highest BCUT2D eigenvalue weighted by atomic mass is 16.5. The summed E-state index contributed by atoms with van der Waals surface area (Å²) in [6.07, 6.45) is 1.10. The normalized spacial score (nSPS) is 11.9. The Morgan fingerprint density at radius 2 is 2.05 bits per heavy atom. The Morgan fingerprint density at radius 1 is 1.35 bits per heavy atom. The Hall–Kier alpha value is -1.26. The van der Waals surface area contributed by atoms with E-state index < -0.39 is 0 Å². The van der Waals surface area contributed by atoms with Crippen LogP contribution in [0.5, 0.6) is 11.5 Å². The van der Waals surface area contributed by atoms with Gasteiger partial charge < -0.3 is 15.6 Å². The summed E-state index contributed by atoms with van der Waals surface area (Å²) in [5.74, 6) is 0.706. The van der Waals surface area contributed by atoms with Gasteiger partial charge in [-0.3, -0.25) is 4.90 Å². The molecule has 1 aromatic rings. The lowest BCUT2D eigenvalue weighted by Crippen LogP contribution is -2.38. The summed E-state index contributed by atoms with van der Waals surface area (Å²) in [6, 6.07) is 5.58. The van der Waals surface area contributed by atoms with E-state index >= 15 is 0 Å². The van der Waals surface area contributed by atoms with Crippen molar-refractivity contribution >= 4 is 0 Å². The van der Waals surface area contributed by atoms with Gasteiger partial charge in [-0.25, -0.2) is 0 Å². The van der Waals surface area contributed by atoms with Crippen LogP contribution in [0.2, 0.25) is 0 Å². The quantitative estimate of drug-likeness (QED) is 0.768. The van der Waals surface area contributed by atoms with Gasteiger partial charge in [0, 0.05) is 13.1 Å². The van der Waals surface area contributed by atoms with E-state index in [-0.39, 0.29) is 11.2 Å². The van der Waals surface area contributed by atoms with Crippen LogP contribution in [0.25, 0.3) is 0 Å². The van der Waals surface area contributed by atoms with Crippen LogP contribution in [0.15, 0.2) is 18.2 Å². The van der Waals surface area contributed by atoms with Gasteiger partial charge in [0.1, 0.15) is 0 Å². The molecule has 20 heavy (non-hydrogen) atoms. The first-order valence-electron chi connectivity index (χ1n) is 7.20. The zero-order valence-electron chi connectivity index (χ0n) is 13.1. The molecular weight excluding hydrogens is 252 g/mol. The minimum atomic E-state index is 0.101. The first-order valence-corrected chi connectivity index (χ1v) is 7.20. The molecule has 0 amide bonds. The maximum Gasteiger partial charge on any atom is 0.160 e. The fraction of sp³-hybridized carbons (Fsp3) is 0.625. The van der Waals surface area contributed by atoms with Crippen molar-refractivity contribution in [3.8, 4) is 11.5 Å². The standard InChI is InChI=1S/C16H28N2O2/c1-5-8-18(12-16(2,3)11-17)10-13-6-7-15(20-4)14(19)9-13/h6-7,9,19H,5,8,10-12,17H2,1-4H3. The van der Waals surface area contributed by atoms with Gasteiger partial charge in [-0.05, 0) is 42.6 Å². The predicted molar refractivity (Wildman–Crippen MR) is 83.1 cm³/mol. The summed E-state index contributed by atoms with van der Waals surface area (Å²) < 4.78 is 5.07. The van der Waals surface area contributed by atoms with Crippen LogP contribution in [0.1, 0.15) is 32.8 Å². The summed E-state index contributed by atoms with van der Waals surface area (Å²) in [5.41, 5.74) is 7.01. The van der Waals surface area contributed by atoms with E-state index in [2.05, 4.69) is 25.7 Å². The molecular formula is C16H28N2O2. The molecule has 4 nitrogen and oxygen atoms in total. The van der Waals surface area contributed by atoms with Crippen LogP contribution in [-0.4, -0.2) is 36.8 Å². The van der Waals surface area contributed by atoms with Gasteiger partial charge in [0.05, 0.1) is 7.11 Å². The predicted octanol–water partition coefficient (Wildman–Crippen LogP) is 2.60. The number of benzene rings is 1. The lowest BCUT2D eigenvalue weighted by molar-refractivity contribution is 0.176. The van der Waals surface area contributed by atoms with Gasteiger partial charge in [0.2, 0.25) is 0 Å². The lowest BCUT2D eigenvalue weighted by atomic mass is 9.93. The Balaban J connectivity index is 2.77. The molecule has 0 radical (unpaired) electrons. The number of hydrogen-bond donors (Lipinski definition) is 2. The van der Waals surface area contributed by atoms with Gasteiger partial charge in [-0.15, -0.1) is 0 Å². The highest BCUT2D eigenvalue weighted by Gasteiger charge is 2.20. The molecule has 0 aromatic heterocycles. The molecule has 0 atom stereocenters. The van der Waals surface area contributed by atoms with Crippen molar-refractivity contribution in [3.63, 3.8) is 0 Å².